The van der Waals surface area contributed by atoms with E-state index in [2.05, 4.69) is 57.7 Å². The first-order chi connectivity index (χ1) is 41.1. The number of pyridine rings is 2. The van der Waals surface area contributed by atoms with Gasteiger partial charge in [-0.15, -0.1) is 0 Å². The van der Waals surface area contributed by atoms with Crippen molar-refractivity contribution in [1.82, 2.24) is 32.2 Å². The second-order valence-electron chi connectivity index (χ2n) is 19.1. The predicted octanol–water partition coefficient (Wildman–Crippen LogP) is 1.41. The van der Waals surface area contributed by atoms with E-state index in [0.717, 1.165) is 5.56 Å². The van der Waals surface area contributed by atoms with Crippen LogP contribution in [-0.4, -0.2) is 112 Å². The van der Waals surface area contributed by atoms with E-state index >= 15 is 0 Å². The Balaban J connectivity index is 0.843. The Bertz CT molecular complexity index is 3670. The topological polar surface area (TPSA) is 356 Å². The third-order valence-electron chi connectivity index (χ3n) is 12.6. The zero-order chi connectivity index (χ0) is 62.4. The normalized spacial score (nSPS) is 11.1. The van der Waals surface area contributed by atoms with Gasteiger partial charge in [-0.05, 0) is 116 Å². The smallest absolute Gasteiger partial charge is 0.327 e. The van der Waals surface area contributed by atoms with Crippen LogP contribution in [0.2, 0.25) is 0 Å². The van der Waals surface area contributed by atoms with E-state index in [1.54, 1.807) is 93.3 Å². The van der Waals surface area contributed by atoms with E-state index in [1.807, 2.05) is 6.07 Å². The number of carbonyl (C=O) groups excluding carboxylic acids is 7. The Hall–Kier alpha value is -9.39. The Kier molecular flexibility index (Phi) is 24.1. The van der Waals surface area contributed by atoms with Crippen LogP contribution in [0, 0.1) is 27.7 Å². The van der Waals surface area contributed by atoms with Gasteiger partial charge in [0.05, 0.1) is 48.5 Å². The molecule has 0 saturated carbocycles. The van der Waals surface area contributed by atoms with Gasteiger partial charge in [-0.2, -0.15) is 14.6 Å². The van der Waals surface area contributed by atoms with Gasteiger partial charge in [-0.1, -0.05) is 24.3 Å². The molecular weight excluding hydrogens is 1150 g/mol. The molecule has 0 atom stereocenters. The maximum absolute atomic E-state index is 13.5. The summed E-state index contributed by atoms with van der Waals surface area (Å²) >= 11 is 0. The molecule has 6 rings (SSSR count). The minimum absolute atomic E-state index is 0.0280. The quantitative estimate of drug-likeness (QED) is 0.0137. The fourth-order valence-electron chi connectivity index (χ4n) is 8.22. The summed E-state index contributed by atoms with van der Waals surface area (Å²) in [5.74, 6) is -4.58. The van der Waals surface area contributed by atoms with Gasteiger partial charge in [-0.3, -0.25) is 58.7 Å². The lowest BCUT2D eigenvalue weighted by Crippen LogP contribution is -2.41. The lowest BCUT2D eigenvalue weighted by molar-refractivity contribution is -0.684. The summed E-state index contributed by atoms with van der Waals surface area (Å²) < 4.78 is 73.5. The molecule has 2 heterocycles. The summed E-state index contributed by atoms with van der Waals surface area (Å²) in [6.07, 6.45) is 6.60. The minimum atomic E-state index is -4.13. The standard InChI is InChI=1S/C57H67N13O14S2/c1-37-11-21-47(85(78,79)67-45-15-13-41(14-16-45)31-61-56(76)54(74)58-5)39(3)51(37)63-49(71)34-69-25-7-9-42(32-69)36-84-62-24-28-83-30-29-82-27-23-60-53(73)43-10-8-26-70(33-43)35-50(72)64-52-38(2)12-22-48(40(52)4)86(80,81)68-46-19-17-44(18-20-46)65-66-57(77)55(75)59-6/h7-22,25-26,32-33,62,67H,23-24,27-31,34-36H2,1-6H3,(H7-2,58,59,60,61,63,64,65,66,68,71,72,73,74,75,76,77)/p+2. The maximum atomic E-state index is 13.5. The molecule has 29 heteroatoms. The molecule has 0 aliphatic rings. The monoisotopic (exact) mass is 1220 g/mol. The largest absolute Gasteiger partial charge is 0.378 e. The number of aromatic nitrogens is 2. The maximum Gasteiger partial charge on any atom is 0.327 e. The fourth-order valence-corrected chi connectivity index (χ4v) is 10.8. The number of carbonyl (C=O) groups is 7. The number of anilines is 5. The molecule has 0 unspecified atom stereocenters. The van der Waals surface area contributed by atoms with Gasteiger partial charge in [0.2, 0.25) is 13.1 Å². The van der Waals surface area contributed by atoms with Crippen LogP contribution >= 0.6 is 0 Å². The molecule has 0 radical (unpaired) electrons. The number of nitrogens with one attached hydrogen (secondary N) is 11. The van der Waals surface area contributed by atoms with Crippen molar-refractivity contribution >= 4 is 89.8 Å². The van der Waals surface area contributed by atoms with E-state index < -0.39 is 49.6 Å². The molecule has 0 aliphatic heterocycles. The first-order valence-electron chi connectivity index (χ1n) is 26.7. The highest BCUT2D eigenvalue weighted by Gasteiger charge is 2.25. The van der Waals surface area contributed by atoms with Crippen LogP contribution in [0.4, 0.5) is 28.4 Å². The van der Waals surface area contributed by atoms with Crippen molar-refractivity contribution in [3.05, 3.63) is 161 Å². The number of hydrogen-bond acceptors (Lipinski definition) is 16. The molecular formula is C57H69N13O14S2+2. The Morgan fingerprint density at radius 1 is 0.512 bits per heavy atom. The van der Waals surface area contributed by atoms with Crippen LogP contribution in [0.5, 0.6) is 0 Å². The van der Waals surface area contributed by atoms with Crippen molar-refractivity contribution in [2.45, 2.75) is 63.7 Å². The van der Waals surface area contributed by atoms with E-state index in [9.17, 15) is 50.4 Å². The molecule has 11 N–H and O–H groups in total. The van der Waals surface area contributed by atoms with Crippen molar-refractivity contribution in [2.75, 3.05) is 79.1 Å². The lowest BCUT2D eigenvalue weighted by atomic mass is 10.1. The summed E-state index contributed by atoms with van der Waals surface area (Å²) in [4.78, 5) is 91.4. The van der Waals surface area contributed by atoms with Crippen LogP contribution in [0.25, 0.3) is 0 Å². The van der Waals surface area contributed by atoms with Crippen molar-refractivity contribution in [1.29, 1.82) is 0 Å². The van der Waals surface area contributed by atoms with Crippen LogP contribution in [0.3, 0.4) is 0 Å². The SMILES string of the molecule is CNC(=O)C(=O)NCc1ccc(NS(=O)(=O)c2ccc(C)c(NC(=O)C[n+]3cccc(CONCCOCCOCCNC(=O)c4ccc[n+](CC(=O)Nc5c(C)ccc(S(=O)(=O)Nc6ccc(NNC(=O)C(=O)NC)cc6)c5C)c4)c3)c2C)cc1. The van der Waals surface area contributed by atoms with Gasteiger partial charge in [0.25, 0.3) is 37.8 Å². The van der Waals surface area contributed by atoms with Gasteiger partial charge in [0, 0.05) is 74.2 Å². The molecule has 456 valence electrons. The number of nitrogens with zero attached hydrogens (tertiary/aromatic N) is 2. The first-order valence-corrected chi connectivity index (χ1v) is 29.6. The number of ether oxygens (including phenoxy) is 2. The highest BCUT2D eigenvalue weighted by Crippen LogP contribution is 2.30. The average Bonchev–Trinajstić information content (AvgIpc) is 1.29. The van der Waals surface area contributed by atoms with Gasteiger partial charge >= 0.3 is 23.6 Å². The summed E-state index contributed by atoms with van der Waals surface area (Å²) in [5.41, 5.74) is 12.8. The van der Waals surface area contributed by atoms with Gasteiger partial charge in [-0.25, -0.2) is 16.8 Å². The second-order valence-corrected chi connectivity index (χ2v) is 22.4. The molecule has 27 nitrogen and oxygen atoms in total. The summed E-state index contributed by atoms with van der Waals surface area (Å²) in [5, 5.41) is 15.4. The number of benzene rings is 4. The zero-order valence-electron chi connectivity index (χ0n) is 48.0. The number of hydroxylamine groups is 1. The van der Waals surface area contributed by atoms with Gasteiger partial charge in [0.15, 0.2) is 24.8 Å². The number of likely N-dealkylation sites (N-methyl/N-ethyl adjacent to an activating group) is 2. The van der Waals surface area contributed by atoms with Crippen LogP contribution < -0.4 is 66.8 Å². The van der Waals surface area contributed by atoms with Gasteiger partial charge < -0.3 is 41.4 Å². The third kappa shape index (κ3) is 19.6. The fraction of sp³-hybridized carbons (Fsp3) is 0.281. The number of amides is 7. The molecule has 0 bridgehead atoms. The zero-order valence-corrected chi connectivity index (χ0v) is 49.7. The molecule has 4 aromatic carbocycles. The van der Waals surface area contributed by atoms with Crippen molar-refractivity contribution in [2.24, 2.45) is 0 Å². The molecule has 0 fully saturated rings. The van der Waals surface area contributed by atoms with E-state index in [1.165, 1.54) is 73.4 Å². The van der Waals surface area contributed by atoms with Crippen LogP contribution in [0.1, 0.15) is 43.7 Å². The number of hydrazine groups is 1. The van der Waals surface area contributed by atoms with Crippen molar-refractivity contribution in [3.8, 4) is 0 Å². The summed E-state index contributed by atoms with van der Waals surface area (Å²) in [6.45, 7) is 8.30. The molecule has 6 aromatic rings. The Morgan fingerprint density at radius 3 is 1.57 bits per heavy atom. The average molecular weight is 1220 g/mol. The number of rotatable bonds is 29. The van der Waals surface area contributed by atoms with E-state index in [0.29, 0.717) is 63.6 Å². The highest BCUT2D eigenvalue weighted by molar-refractivity contribution is 7.93. The number of hydrogen-bond donors (Lipinski definition) is 11. The predicted molar refractivity (Wildman–Crippen MR) is 315 cm³/mol. The van der Waals surface area contributed by atoms with E-state index in [-0.39, 0.29) is 85.6 Å². The van der Waals surface area contributed by atoms with Crippen molar-refractivity contribution < 1.29 is 73.8 Å². The minimum Gasteiger partial charge on any atom is -0.378 e. The molecule has 86 heavy (non-hydrogen) atoms. The summed E-state index contributed by atoms with van der Waals surface area (Å²) in [6, 6.07) is 25.1. The summed E-state index contributed by atoms with van der Waals surface area (Å²) in [7, 11) is -5.57. The molecule has 7 amide bonds. The molecule has 2 aromatic heterocycles. The van der Waals surface area contributed by atoms with Crippen LogP contribution in [-0.2, 0) is 89.4 Å². The first kappa shape index (κ1) is 65.8. The molecule has 0 spiro atoms. The molecule has 0 saturated heterocycles. The number of aryl methyl sites for hydroxylation is 2. The molecule has 0 aliphatic carbocycles. The van der Waals surface area contributed by atoms with Crippen LogP contribution in [0.15, 0.2) is 132 Å². The van der Waals surface area contributed by atoms with Crippen molar-refractivity contribution in [3.63, 3.8) is 0 Å². The number of sulfonamides is 2. The third-order valence-corrected chi connectivity index (χ3v) is 15.7. The Labute approximate surface area is 497 Å². The van der Waals surface area contributed by atoms with Gasteiger partial charge in [0.1, 0.15) is 5.56 Å². The highest BCUT2D eigenvalue weighted by atomic mass is 32.2. The second kappa shape index (κ2) is 31.5. The van der Waals surface area contributed by atoms with E-state index in [4.69, 9.17) is 14.3 Å². The lowest BCUT2D eigenvalue weighted by Gasteiger charge is -2.16. The Morgan fingerprint density at radius 2 is 1.01 bits per heavy atom.